The minimum absolute atomic E-state index is 0.145. The van der Waals surface area contributed by atoms with Gasteiger partial charge in [0.2, 0.25) is 0 Å². The van der Waals surface area contributed by atoms with Crippen LogP contribution in [0.2, 0.25) is 0 Å². The molecule has 1 aliphatic heterocycles. The number of hydrogen-bond acceptors (Lipinski definition) is 3. The first-order chi connectivity index (χ1) is 6.92. The number of aliphatic hydroxyl groups excluding tert-OH is 1. The van der Waals surface area contributed by atoms with Crippen LogP contribution in [0.3, 0.4) is 0 Å². The summed E-state index contributed by atoms with van der Waals surface area (Å²) < 4.78 is 0. The number of pyridine rings is 1. The fourth-order valence-electron chi connectivity index (χ4n) is 2.06. The van der Waals surface area contributed by atoms with Crippen molar-refractivity contribution in [2.75, 3.05) is 19.7 Å². The minimum Gasteiger partial charge on any atom is -0.394 e. The molecule has 1 saturated heterocycles. The predicted octanol–water partition coefficient (Wildman–Crippen LogP) is 1.21. The van der Waals surface area contributed by atoms with E-state index in [9.17, 15) is 5.11 Å². The van der Waals surface area contributed by atoms with Crippen molar-refractivity contribution in [3.05, 3.63) is 30.1 Å². The number of rotatable bonds is 3. The molecule has 76 valence electrons. The smallest absolute Gasteiger partial charge is 0.0629 e. The summed E-state index contributed by atoms with van der Waals surface area (Å²) in [6.45, 7) is 2.38. The number of aromatic nitrogens is 1. The van der Waals surface area contributed by atoms with Crippen LogP contribution in [0.25, 0.3) is 0 Å². The van der Waals surface area contributed by atoms with E-state index in [1.54, 1.807) is 6.20 Å². The summed E-state index contributed by atoms with van der Waals surface area (Å²) in [5.41, 5.74) is 1.12. The van der Waals surface area contributed by atoms with E-state index in [1.807, 2.05) is 18.3 Å². The van der Waals surface area contributed by atoms with Gasteiger partial charge in [0.15, 0.2) is 0 Å². The molecule has 1 atom stereocenters. The molecule has 2 heterocycles. The third-order valence-electron chi connectivity index (χ3n) is 2.82. The van der Waals surface area contributed by atoms with Gasteiger partial charge in [-0.15, -0.1) is 0 Å². The summed E-state index contributed by atoms with van der Waals surface area (Å²) in [6, 6.07) is 4.10. The quantitative estimate of drug-likeness (QED) is 0.782. The van der Waals surface area contributed by atoms with Crippen LogP contribution >= 0.6 is 0 Å². The third kappa shape index (κ3) is 1.94. The Morgan fingerprint density at radius 1 is 1.43 bits per heavy atom. The molecule has 0 aliphatic carbocycles. The Balaban J connectivity index is 2.12. The maximum Gasteiger partial charge on any atom is 0.0629 e. The summed E-state index contributed by atoms with van der Waals surface area (Å²) in [6.07, 6.45) is 6.11. The zero-order chi connectivity index (χ0) is 9.80. The van der Waals surface area contributed by atoms with Crippen molar-refractivity contribution in [2.24, 2.45) is 0 Å². The second-order valence-corrected chi connectivity index (χ2v) is 3.73. The fraction of sp³-hybridized carbons (Fsp3) is 0.545. The second-order valence-electron chi connectivity index (χ2n) is 3.73. The summed E-state index contributed by atoms with van der Waals surface area (Å²) in [5.74, 6) is 0. The van der Waals surface area contributed by atoms with Crippen LogP contribution in [0.4, 0.5) is 0 Å². The second kappa shape index (κ2) is 4.53. The average Bonchev–Trinajstić information content (AvgIpc) is 2.74. The maximum atomic E-state index is 9.37. The Bertz CT molecular complexity index is 270. The van der Waals surface area contributed by atoms with Crippen molar-refractivity contribution in [2.45, 2.75) is 18.9 Å². The van der Waals surface area contributed by atoms with Gasteiger partial charge in [-0.25, -0.2) is 0 Å². The monoisotopic (exact) mass is 192 g/mol. The molecule has 0 aromatic carbocycles. The highest BCUT2D eigenvalue weighted by molar-refractivity contribution is 5.14. The lowest BCUT2D eigenvalue weighted by Crippen LogP contribution is -2.28. The molecular weight excluding hydrogens is 176 g/mol. The molecule has 0 spiro atoms. The van der Waals surface area contributed by atoms with Gasteiger partial charge in [-0.1, -0.05) is 6.07 Å². The zero-order valence-corrected chi connectivity index (χ0v) is 8.26. The van der Waals surface area contributed by atoms with E-state index in [-0.39, 0.29) is 12.6 Å². The summed E-state index contributed by atoms with van der Waals surface area (Å²) in [4.78, 5) is 6.42. The molecule has 2 rings (SSSR count). The molecule has 3 heteroatoms. The number of likely N-dealkylation sites (tertiary alicyclic amines) is 1. The van der Waals surface area contributed by atoms with E-state index in [2.05, 4.69) is 9.88 Å². The number of hydrogen-bond donors (Lipinski definition) is 1. The van der Waals surface area contributed by atoms with Gasteiger partial charge >= 0.3 is 0 Å². The molecule has 0 radical (unpaired) electrons. The van der Waals surface area contributed by atoms with Gasteiger partial charge in [0.05, 0.1) is 12.6 Å². The molecule has 1 aromatic rings. The Morgan fingerprint density at radius 2 is 2.21 bits per heavy atom. The van der Waals surface area contributed by atoms with E-state index in [0.717, 1.165) is 18.7 Å². The zero-order valence-electron chi connectivity index (χ0n) is 8.26. The number of aliphatic hydroxyl groups is 1. The molecular formula is C11H16N2O. The van der Waals surface area contributed by atoms with Crippen molar-refractivity contribution in [1.82, 2.24) is 9.88 Å². The van der Waals surface area contributed by atoms with Crippen LogP contribution in [-0.2, 0) is 0 Å². The van der Waals surface area contributed by atoms with E-state index in [4.69, 9.17) is 0 Å². The first-order valence-electron chi connectivity index (χ1n) is 5.16. The molecule has 1 N–H and O–H groups in total. The van der Waals surface area contributed by atoms with Crippen molar-refractivity contribution in [3.8, 4) is 0 Å². The lowest BCUT2D eigenvalue weighted by molar-refractivity contribution is 0.147. The molecule has 3 nitrogen and oxygen atoms in total. The highest BCUT2D eigenvalue weighted by Gasteiger charge is 2.22. The van der Waals surface area contributed by atoms with Crippen LogP contribution < -0.4 is 0 Å². The van der Waals surface area contributed by atoms with Gasteiger partial charge in [-0.3, -0.25) is 9.88 Å². The van der Waals surface area contributed by atoms with Crippen LogP contribution in [0.1, 0.15) is 24.4 Å². The van der Waals surface area contributed by atoms with E-state index < -0.39 is 0 Å². The molecule has 1 aromatic heterocycles. The molecule has 0 amide bonds. The summed E-state index contributed by atoms with van der Waals surface area (Å²) >= 11 is 0. The van der Waals surface area contributed by atoms with Gasteiger partial charge in [-0.05, 0) is 37.6 Å². The molecule has 0 unspecified atom stereocenters. The standard InChI is InChI=1S/C11H16N2O/c14-9-11(13-6-1-2-7-13)10-4-3-5-12-8-10/h3-5,8,11,14H,1-2,6-7,9H2/t11-/m0/s1. The first kappa shape index (κ1) is 9.62. The molecule has 0 saturated carbocycles. The van der Waals surface area contributed by atoms with Crippen molar-refractivity contribution >= 4 is 0 Å². The van der Waals surface area contributed by atoms with Gasteiger partial charge in [0.25, 0.3) is 0 Å². The van der Waals surface area contributed by atoms with E-state index >= 15 is 0 Å². The van der Waals surface area contributed by atoms with Crippen LogP contribution in [0.15, 0.2) is 24.5 Å². The van der Waals surface area contributed by atoms with Crippen LogP contribution in [0, 0.1) is 0 Å². The topological polar surface area (TPSA) is 36.4 Å². The van der Waals surface area contributed by atoms with Crippen molar-refractivity contribution in [3.63, 3.8) is 0 Å². The van der Waals surface area contributed by atoms with Gasteiger partial charge in [-0.2, -0.15) is 0 Å². The maximum absolute atomic E-state index is 9.37. The van der Waals surface area contributed by atoms with Gasteiger partial charge in [0.1, 0.15) is 0 Å². The minimum atomic E-state index is 0.145. The average molecular weight is 192 g/mol. The summed E-state index contributed by atoms with van der Waals surface area (Å²) in [7, 11) is 0. The van der Waals surface area contributed by atoms with Crippen molar-refractivity contribution in [1.29, 1.82) is 0 Å². The van der Waals surface area contributed by atoms with Crippen LogP contribution in [0.5, 0.6) is 0 Å². The Hall–Kier alpha value is -0.930. The Morgan fingerprint density at radius 3 is 2.79 bits per heavy atom. The molecule has 0 bridgehead atoms. The lowest BCUT2D eigenvalue weighted by atomic mass is 10.1. The number of nitrogens with zero attached hydrogens (tertiary/aromatic N) is 2. The third-order valence-corrected chi connectivity index (χ3v) is 2.82. The Kier molecular flexibility index (Phi) is 3.11. The lowest BCUT2D eigenvalue weighted by Gasteiger charge is -2.25. The fourth-order valence-corrected chi connectivity index (χ4v) is 2.06. The highest BCUT2D eigenvalue weighted by atomic mass is 16.3. The largest absolute Gasteiger partial charge is 0.394 e. The van der Waals surface area contributed by atoms with Gasteiger partial charge in [0, 0.05) is 12.4 Å². The highest BCUT2D eigenvalue weighted by Crippen LogP contribution is 2.23. The molecule has 14 heavy (non-hydrogen) atoms. The van der Waals surface area contributed by atoms with E-state index in [0.29, 0.717) is 0 Å². The molecule has 1 aliphatic rings. The molecule has 1 fully saturated rings. The van der Waals surface area contributed by atoms with Crippen molar-refractivity contribution < 1.29 is 5.11 Å². The predicted molar refractivity (Wildman–Crippen MR) is 54.9 cm³/mol. The first-order valence-corrected chi connectivity index (χ1v) is 5.16. The van der Waals surface area contributed by atoms with Gasteiger partial charge < -0.3 is 5.11 Å². The SMILES string of the molecule is OC[C@@H](c1cccnc1)N1CCCC1. The van der Waals surface area contributed by atoms with Crippen LogP contribution in [-0.4, -0.2) is 34.7 Å². The van der Waals surface area contributed by atoms with E-state index in [1.165, 1.54) is 12.8 Å². The Labute approximate surface area is 84.4 Å². The summed E-state index contributed by atoms with van der Waals surface area (Å²) in [5, 5.41) is 9.37. The normalized spacial score (nSPS) is 19.8.